The van der Waals surface area contributed by atoms with Gasteiger partial charge in [0.1, 0.15) is 0 Å². The van der Waals surface area contributed by atoms with Gasteiger partial charge in [-0.2, -0.15) is 4.98 Å². The second-order valence-electron chi connectivity index (χ2n) is 7.76. The molecule has 1 saturated heterocycles. The van der Waals surface area contributed by atoms with Crippen molar-refractivity contribution in [3.63, 3.8) is 0 Å². The number of aromatic nitrogens is 2. The molecule has 0 spiro atoms. The number of halogens is 1. The van der Waals surface area contributed by atoms with Crippen LogP contribution in [0.25, 0.3) is 11.4 Å². The molecule has 1 N–H and O–H groups in total. The third-order valence-electron chi connectivity index (χ3n) is 5.42. The first-order valence-corrected chi connectivity index (χ1v) is 10.6. The Labute approximate surface area is 181 Å². The van der Waals surface area contributed by atoms with Gasteiger partial charge < -0.3 is 9.84 Å². The second kappa shape index (κ2) is 9.41. The topological polar surface area (TPSA) is 71.3 Å². The van der Waals surface area contributed by atoms with Crippen molar-refractivity contribution in [1.29, 1.82) is 0 Å². The van der Waals surface area contributed by atoms with Crippen LogP contribution in [0.5, 0.6) is 0 Å². The molecule has 0 bridgehead atoms. The molecule has 1 amide bonds. The number of carbonyl (C=O) groups excluding carboxylic acids is 1. The van der Waals surface area contributed by atoms with Crippen molar-refractivity contribution in [3.05, 3.63) is 70.6 Å². The molecule has 1 aromatic heterocycles. The molecule has 0 radical (unpaired) electrons. The maximum Gasteiger partial charge on any atom is 0.246 e. The first kappa shape index (κ1) is 20.6. The lowest BCUT2D eigenvalue weighted by Crippen LogP contribution is -2.42. The first-order valence-electron chi connectivity index (χ1n) is 10.2. The van der Waals surface area contributed by atoms with Gasteiger partial charge in [0.15, 0.2) is 0 Å². The molecular weight excluding hydrogens is 400 g/mol. The maximum atomic E-state index is 12.7. The Morgan fingerprint density at radius 1 is 1.23 bits per heavy atom. The van der Waals surface area contributed by atoms with E-state index in [-0.39, 0.29) is 18.4 Å². The van der Waals surface area contributed by atoms with Crippen molar-refractivity contribution < 1.29 is 9.32 Å². The fourth-order valence-electron chi connectivity index (χ4n) is 3.73. The molecule has 0 aliphatic carbocycles. The van der Waals surface area contributed by atoms with Gasteiger partial charge in [-0.3, -0.25) is 9.69 Å². The van der Waals surface area contributed by atoms with Crippen LogP contribution in [-0.2, 0) is 17.9 Å². The van der Waals surface area contributed by atoms with Crippen LogP contribution in [0.15, 0.2) is 53.1 Å². The van der Waals surface area contributed by atoms with E-state index < -0.39 is 0 Å². The summed E-state index contributed by atoms with van der Waals surface area (Å²) in [6.45, 7) is 4.71. The predicted octanol–water partition coefficient (Wildman–Crippen LogP) is 4.23. The molecular formula is C23H25ClN4O2. The summed E-state index contributed by atoms with van der Waals surface area (Å²) in [5.74, 6) is 0.903. The van der Waals surface area contributed by atoms with Crippen molar-refractivity contribution in [2.45, 2.75) is 32.9 Å². The number of benzene rings is 2. The standard InChI is InChI=1S/C23H25ClN4O2/c1-16-8-10-17(11-9-16)22-26-21(30-27-22)13-25-23(29)19-6-4-12-28(15-19)14-18-5-2-3-7-20(18)24/h2-3,5,7-11,19H,4,6,12-15H2,1H3,(H,25,29). The highest BCUT2D eigenvalue weighted by molar-refractivity contribution is 6.31. The molecule has 2 heterocycles. The summed E-state index contributed by atoms with van der Waals surface area (Å²) in [4.78, 5) is 19.4. The molecule has 1 aliphatic heterocycles. The van der Waals surface area contributed by atoms with Gasteiger partial charge >= 0.3 is 0 Å². The molecule has 1 fully saturated rings. The van der Waals surface area contributed by atoms with Crippen LogP contribution in [0.3, 0.4) is 0 Å². The van der Waals surface area contributed by atoms with Crippen LogP contribution in [0.2, 0.25) is 5.02 Å². The Bertz CT molecular complexity index is 1000. The van der Waals surface area contributed by atoms with Gasteiger partial charge in [-0.15, -0.1) is 0 Å². The number of likely N-dealkylation sites (tertiary alicyclic amines) is 1. The number of amides is 1. The molecule has 156 valence electrons. The van der Waals surface area contributed by atoms with E-state index in [1.807, 2.05) is 55.5 Å². The lowest BCUT2D eigenvalue weighted by molar-refractivity contribution is -0.127. The summed E-state index contributed by atoms with van der Waals surface area (Å²) in [6, 6.07) is 15.8. The van der Waals surface area contributed by atoms with E-state index in [1.54, 1.807) is 0 Å². The highest BCUT2D eigenvalue weighted by Gasteiger charge is 2.26. The quantitative estimate of drug-likeness (QED) is 0.641. The Morgan fingerprint density at radius 2 is 2.03 bits per heavy atom. The zero-order valence-corrected chi connectivity index (χ0v) is 17.7. The summed E-state index contributed by atoms with van der Waals surface area (Å²) < 4.78 is 5.30. The normalized spacial score (nSPS) is 17.1. The van der Waals surface area contributed by atoms with E-state index in [0.29, 0.717) is 11.7 Å². The zero-order valence-electron chi connectivity index (χ0n) is 17.0. The molecule has 0 saturated carbocycles. The SMILES string of the molecule is Cc1ccc(-c2noc(CNC(=O)C3CCCN(Cc4ccccc4Cl)C3)n2)cc1. The molecule has 3 aromatic rings. The van der Waals surface area contributed by atoms with Crippen LogP contribution < -0.4 is 5.32 Å². The van der Waals surface area contributed by atoms with Gasteiger partial charge in [-0.1, -0.05) is 64.8 Å². The van der Waals surface area contributed by atoms with E-state index in [0.717, 1.165) is 48.6 Å². The highest BCUT2D eigenvalue weighted by Crippen LogP contribution is 2.22. The van der Waals surface area contributed by atoms with Crippen molar-refractivity contribution >= 4 is 17.5 Å². The monoisotopic (exact) mass is 424 g/mol. The third-order valence-corrected chi connectivity index (χ3v) is 5.79. The number of hydrogen-bond acceptors (Lipinski definition) is 5. The average Bonchev–Trinajstić information content (AvgIpc) is 3.23. The second-order valence-corrected chi connectivity index (χ2v) is 8.17. The number of nitrogens with zero attached hydrogens (tertiary/aromatic N) is 3. The van der Waals surface area contributed by atoms with Crippen molar-refractivity contribution in [2.75, 3.05) is 13.1 Å². The average molecular weight is 425 g/mol. The molecule has 1 atom stereocenters. The smallest absolute Gasteiger partial charge is 0.246 e. The van der Waals surface area contributed by atoms with E-state index in [2.05, 4.69) is 20.4 Å². The lowest BCUT2D eigenvalue weighted by atomic mass is 9.96. The van der Waals surface area contributed by atoms with E-state index >= 15 is 0 Å². The summed E-state index contributed by atoms with van der Waals surface area (Å²) in [5, 5.41) is 7.73. The van der Waals surface area contributed by atoms with Crippen molar-refractivity contribution in [1.82, 2.24) is 20.4 Å². The van der Waals surface area contributed by atoms with E-state index in [9.17, 15) is 4.79 Å². The van der Waals surface area contributed by atoms with Crippen molar-refractivity contribution in [2.24, 2.45) is 5.92 Å². The minimum atomic E-state index is -0.0549. The van der Waals surface area contributed by atoms with E-state index in [1.165, 1.54) is 5.56 Å². The fourth-order valence-corrected chi connectivity index (χ4v) is 3.93. The Balaban J connectivity index is 1.30. The summed E-state index contributed by atoms with van der Waals surface area (Å²) in [6.07, 6.45) is 1.87. The van der Waals surface area contributed by atoms with Gasteiger partial charge in [0, 0.05) is 23.7 Å². The Morgan fingerprint density at radius 3 is 2.83 bits per heavy atom. The largest absolute Gasteiger partial charge is 0.347 e. The fraction of sp³-hybridized carbons (Fsp3) is 0.348. The van der Waals surface area contributed by atoms with Gasteiger partial charge in [-0.25, -0.2) is 0 Å². The molecule has 4 rings (SSSR count). The number of carbonyl (C=O) groups is 1. The van der Waals surface area contributed by atoms with Gasteiger partial charge in [0.2, 0.25) is 17.6 Å². The summed E-state index contributed by atoms with van der Waals surface area (Å²) in [5.41, 5.74) is 3.16. The maximum absolute atomic E-state index is 12.7. The molecule has 30 heavy (non-hydrogen) atoms. The Hall–Kier alpha value is -2.70. The molecule has 2 aromatic carbocycles. The molecule has 1 aliphatic rings. The lowest BCUT2D eigenvalue weighted by Gasteiger charge is -2.32. The van der Waals surface area contributed by atoms with Crippen LogP contribution in [-0.4, -0.2) is 34.0 Å². The zero-order chi connectivity index (χ0) is 20.9. The molecule has 6 nitrogen and oxygen atoms in total. The number of rotatable bonds is 6. The first-order chi connectivity index (χ1) is 14.6. The number of aryl methyl sites for hydroxylation is 1. The minimum Gasteiger partial charge on any atom is -0.347 e. The van der Waals surface area contributed by atoms with Crippen LogP contribution in [0.4, 0.5) is 0 Å². The minimum absolute atomic E-state index is 0.0222. The van der Waals surface area contributed by atoms with Crippen LogP contribution >= 0.6 is 11.6 Å². The molecule has 1 unspecified atom stereocenters. The number of piperidine rings is 1. The van der Waals surface area contributed by atoms with Gasteiger partial charge in [0.05, 0.1) is 12.5 Å². The van der Waals surface area contributed by atoms with E-state index in [4.69, 9.17) is 16.1 Å². The number of hydrogen-bond donors (Lipinski definition) is 1. The summed E-state index contributed by atoms with van der Waals surface area (Å²) in [7, 11) is 0. The van der Waals surface area contributed by atoms with Crippen LogP contribution in [0.1, 0.15) is 29.9 Å². The van der Waals surface area contributed by atoms with Crippen molar-refractivity contribution in [3.8, 4) is 11.4 Å². The summed E-state index contributed by atoms with van der Waals surface area (Å²) >= 11 is 6.28. The predicted molar refractivity (Wildman–Crippen MR) is 116 cm³/mol. The van der Waals surface area contributed by atoms with Crippen LogP contribution in [0, 0.1) is 12.8 Å². The Kier molecular flexibility index (Phi) is 6.45. The molecule has 7 heteroatoms. The number of nitrogens with one attached hydrogen (secondary N) is 1. The van der Waals surface area contributed by atoms with Gasteiger partial charge in [-0.05, 0) is 37.9 Å². The van der Waals surface area contributed by atoms with Gasteiger partial charge in [0.25, 0.3) is 0 Å². The highest BCUT2D eigenvalue weighted by atomic mass is 35.5. The third kappa shape index (κ3) is 5.07.